The van der Waals surface area contributed by atoms with Gasteiger partial charge in [0.25, 0.3) is 0 Å². The summed E-state index contributed by atoms with van der Waals surface area (Å²) in [6, 6.07) is 8.23. The molecule has 4 heterocycles. The number of aliphatic hydroxyl groups excluding tert-OH is 2. The minimum atomic E-state index is -5.56. The number of hydrogen-bond donors (Lipinski definition) is 11. The van der Waals surface area contributed by atoms with E-state index in [9.17, 15) is 53.1 Å². The Morgan fingerprint density at radius 2 is 1.79 bits per heavy atom. The van der Waals surface area contributed by atoms with Crippen molar-refractivity contribution in [2.75, 3.05) is 56.6 Å². The van der Waals surface area contributed by atoms with Crippen molar-refractivity contribution in [3.05, 3.63) is 48.7 Å². The van der Waals surface area contributed by atoms with E-state index in [1.807, 2.05) is 12.1 Å². The van der Waals surface area contributed by atoms with Crippen LogP contribution in [0.5, 0.6) is 0 Å². The largest absolute Gasteiger partial charge is 0.481 e. The lowest BCUT2D eigenvalue weighted by Gasteiger charge is -2.30. The van der Waals surface area contributed by atoms with Crippen molar-refractivity contribution in [3.8, 4) is 0 Å². The number of benzene rings is 1. The molecule has 1 fully saturated rings. The summed E-state index contributed by atoms with van der Waals surface area (Å²) in [7, 11) is -16.4. The number of nitrogens with zero attached hydrogens (tertiary/aromatic N) is 4. The zero-order valence-corrected chi connectivity index (χ0v) is 37.7. The number of nitrogen functional groups attached to an aromatic ring is 1. The Morgan fingerprint density at radius 1 is 1.05 bits per heavy atom. The SMILES string of the molecule is CC(C)(COP(=O)(O)OP(=O)(O)OC[C@H]1OC(n2cnc3c(N)ncnc32)[C@@H](O)[C@@H]1OP(=O)(O)O)[C@@H](O)C(=O)NCCC(=O)NCCSCCC[NH2+]CCc1c[nH]c2ccccc12. The van der Waals surface area contributed by atoms with Crippen LogP contribution >= 0.6 is 35.2 Å². The van der Waals surface area contributed by atoms with Crippen molar-refractivity contribution >= 4 is 74.9 Å². The van der Waals surface area contributed by atoms with Gasteiger partial charge in [-0.05, 0) is 17.4 Å². The lowest BCUT2D eigenvalue weighted by Crippen LogP contribution is -2.84. The summed E-state index contributed by atoms with van der Waals surface area (Å²) < 4.78 is 62.4. The summed E-state index contributed by atoms with van der Waals surface area (Å²) in [4.78, 5) is 79.4. The number of carbonyl (C=O) groups excluding carboxylic acids is 2. The molecule has 1 aromatic carbocycles. The van der Waals surface area contributed by atoms with Gasteiger partial charge in [0.2, 0.25) is 11.8 Å². The standard InChI is InChI=1S/C34H52N9O16P3S/c1-34(2,29(46)32(47)38-12-9-25(44)37-13-15-63-14-5-10-36-11-8-21-16-39-23-7-4-3-6-22(21)23)18-56-62(53,54)59-61(51,52)55-17-24-28(58-60(48,49)50)27(45)33(57-24)43-20-42-26-30(35)40-19-41-31(26)43/h3-4,6-7,16,19-20,24,27-29,33,36,39,45-46H,5,8-15,17-18H2,1-2H3,(H,37,44)(H,38,47)(H,51,52)(H,53,54)(H2,35,40,41)(H2,48,49,50)/p+1/t24-,27+,28-,29+,33?/m1/s1. The maximum atomic E-state index is 12.7. The van der Waals surface area contributed by atoms with Crippen LogP contribution in [0, 0.1) is 5.41 Å². The van der Waals surface area contributed by atoms with Crippen molar-refractivity contribution in [2.45, 2.75) is 63.8 Å². The summed E-state index contributed by atoms with van der Waals surface area (Å²) in [6.07, 6.45) is -2.68. The minimum Gasteiger partial charge on any atom is -0.386 e. The number of hydrogen-bond acceptors (Lipinski definition) is 17. The summed E-state index contributed by atoms with van der Waals surface area (Å²) in [5.41, 5.74) is 6.77. The van der Waals surface area contributed by atoms with E-state index in [1.54, 1.807) is 11.8 Å². The zero-order valence-electron chi connectivity index (χ0n) is 34.2. The van der Waals surface area contributed by atoms with E-state index in [1.165, 1.54) is 24.8 Å². The Balaban J connectivity index is 0.966. The monoisotopic (exact) mass is 968 g/mol. The molecule has 1 saturated heterocycles. The van der Waals surface area contributed by atoms with Gasteiger partial charge in [0, 0.05) is 60.6 Å². The quantitative estimate of drug-likeness (QED) is 0.0287. The van der Waals surface area contributed by atoms with Crippen LogP contribution in [0.1, 0.15) is 38.5 Å². The number of rotatable bonds is 26. The van der Waals surface area contributed by atoms with Crippen molar-refractivity contribution < 1.29 is 81.0 Å². The highest BCUT2D eigenvalue weighted by molar-refractivity contribution is 7.99. The third kappa shape index (κ3) is 14.8. The fourth-order valence-electron chi connectivity index (χ4n) is 6.37. The van der Waals surface area contributed by atoms with Crippen LogP contribution in [-0.2, 0) is 52.3 Å². The molecule has 3 aromatic heterocycles. The molecular weight excluding hydrogens is 915 g/mol. The summed E-state index contributed by atoms with van der Waals surface area (Å²) >= 11 is 1.72. The maximum absolute atomic E-state index is 12.7. The lowest BCUT2D eigenvalue weighted by molar-refractivity contribution is -0.654. The minimum absolute atomic E-state index is 0.0355. The van der Waals surface area contributed by atoms with Crippen LogP contribution in [0.4, 0.5) is 5.82 Å². The summed E-state index contributed by atoms with van der Waals surface area (Å²) in [6.45, 7) is 2.88. The number of phosphoric acid groups is 3. The summed E-state index contributed by atoms with van der Waals surface area (Å²) in [5.74, 6) is 0.370. The van der Waals surface area contributed by atoms with E-state index in [0.717, 1.165) is 54.4 Å². The molecule has 0 radical (unpaired) electrons. The molecule has 13 N–H and O–H groups in total. The molecule has 5 rings (SSSR count). The number of anilines is 1. The molecule has 1 aliphatic heterocycles. The van der Waals surface area contributed by atoms with Crippen molar-refractivity contribution in [2.24, 2.45) is 5.41 Å². The predicted octanol–water partition coefficient (Wildman–Crippen LogP) is -0.184. The van der Waals surface area contributed by atoms with Crippen molar-refractivity contribution in [1.29, 1.82) is 0 Å². The number of amides is 2. The van der Waals surface area contributed by atoms with Gasteiger partial charge in [0.1, 0.15) is 36.3 Å². The second-order valence-electron chi connectivity index (χ2n) is 15.0. The number of thioether (sulfide) groups is 1. The van der Waals surface area contributed by atoms with Gasteiger partial charge in [0.05, 0.1) is 32.6 Å². The van der Waals surface area contributed by atoms with E-state index >= 15 is 0 Å². The average Bonchev–Trinajstić information content (AvgIpc) is 3.91. The number of nitrogens with one attached hydrogen (secondary N) is 3. The normalized spacial score (nSPS) is 20.7. The first-order valence-corrected chi connectivity index (χ1v) is 25.2. The molecule has 0 saturated carbocycles. The van der Waals surface area contributed by atoms with Crippen molar-refractivity contribution in [3.63, 3.8) is 0 Å². The number of para-hydroxylation sites is 1. The van der Waals surface area contributed by atoms with Gasteiger partial charge < -0.3 is 61.2 Å². The number of aliphatic hydroxyl groups is 2. The fraction of sp³-hybridized carbons (Fsp3) is 0.559. The van der Waals surface area contributed by atoms with Crippen LogP contribution < -0.4 is 21.7 Å². The number of aromatic amines is 1. The topological polar surface area (TPSA) is 379 Å². The van der Waals surface area contributed by atoms with Crippen LogP contribution in [0.15, 0.2) is 43.1 Å². The number of fused-ring (bicyclic) bond motifs is 2. The van der Waals surface area contributed by atoms with E-state index in [2.05, 4.69) is 63.1 Å². The smallest absolute Gasteiger partial charge is 0.386 e. The molecular formula is C34H53N9O16P3S+. The molecule has 63 heavy (non-hydrogen) atoms. The molecule has 0 bridgehead atoms. The molecule has 25 nitrogen and oxygen atoms in total. The van der Waals surface area contributed by atoms with Gasteiger partial charge in [-0.25, -0.2) is 28.6 Å². The third-order valence-corrected chi connectivity index (χ3v) is 13.8. The molecule has 2 amide bonds. The summed E-state index contributed by atoms with van der Waals surface area (Å²) in [5, 5.41) is 30.3. The Kier molecular flexibility index (Phi) is 17.8. The van der Waals surface area contributed by atoms with Crippen LogP contribution in [0.25, 0.3) is 22.1 Å². The Morgan fingerprint density at radius 3 is 2.56 bits per heavy atom. The van der Waals surface area contributed by atoms with Crippen LogP contribution in [-0.4, -0.2) is 141 Å². The molecule has 7 atom stereocenters. The average molecular weight is 969 g/mol. The first kappa shape index (κ1) is 50.6. The Hall–Kier alpha value is -3.39. The second-order valence-corrected chi connectivity index (χ2v) is 20.5. The maximum Gasteiger partial charge on any atom is 0.481 e. The third-order valence-electron chi connectivity index (χ3n) is 9.64. The molecule has 3 unspecified atom stereocenters. The first-order chi connectivity index (χ1) is 29.7. The van der Waals surface area contributed by atoms with Gasteiger partial charge in [-0.3, -0.25) is 27.7 Å². The highest BCUT2D eigenvalue weighted by atomic mass is 32.2. The van der Waals surface area contributed by atoms with Crippen LogP contribution in [0.3, 0.4) is 0 Å². The first-order valence-electron chi connectivity index (χ1n) is 19.5. The number of quaternary nitrogens is 1. The molecule has 4 aromatic rings. The van der Waals surface area contributed by atoms with Gasteiger partial charge in [-0.15, -0.1) is 0 Å². The number of phosphoric ester groups is 3. The molecule has 29 heteroatoms. The van der Waals surface area contributed by atoms with Gasteiger partial charge in [-0.1, -0.05) is 32.0 Å². The van der Waals surface area contributed by atoms with E-state index in [4.69, 9.17) is 19.5 Å². The van der Waals surface area contributed by atoms with E-state index in [-0.39, 0.29) is 35.9 Å². The second kappa shape index (κ2) is 22.2. The van der Waals surface area contributed by atoms with Crippen LogP contribution in [0.2, 0.25) is 0 Å². The Labute approximate surface area is 364 Å². The van der Waals surface area contributed by atoms with Gasteiger partial charge in [0.15, 0.2) is 17.7 Å². The van der Waals surface area contributed by atoms with Gasteiger partial charge >= 0.3 is 23.5 Å². The number of carbonyl (C=O) groups is 2. The highest BCUT2D eigenvalue weighted by Crippen LogP contribution is 2.61. The number of ether oxygens (including phenoxy) is 1. The molecule has 0 spiro atoms. The van der Waals surface area contributed by atoms with E-state index in [0.29, 0.717) is 12.3 Å². The number of H-pyrrole nitrogens is 1. The number of imidazole rings is 1. The van der Waals surface area contributed by atoms with Crippen molar-refractivity contribution in [1.82, 2.24) is 35.1 Å². The molecule has 0 aliphatic carbocycles. The zero-order chi connectivity index (χ0) is 46.0. The molecule has 1 aliphatic rings. The molecule has 350 valence electrons. The number of nitrogens with two attached hydrogens (primary N) is 2. The predicted molar refractivity (Wildman–Crippen MR) is 225 cm³/mol. The highest BCUT2D eigenvalue weighted by Gasteiger charge is 2.50. The van der Waals surface area contributed by atoms with Gasteiger partial charge in [-0.2, -0.15) is 16.1 Å². The lowest BCUT2D eigenvalue weighted by atomic mass is 9.87. The fourth-order valence-corrected chi connectivity index (χ4v) is 10.0. The number of aromatic nitrogens is 5. The Bertz CT molecular complexity index is 2320. The van der Waals surface area contributed by atoms with E-state index < -0.39 is 78.6 Å².